The number of carbonyl (C=O) groups is 1. The van der Waals surface area contributed by atoms with Crippen LogP contribution in [0.1, 0.15) is 37.7 Å². The summed E-state index contributed by atoms with van der Waals surface area (Å²) in [6.07, 6.45) is 6.44. The van der Waals surface area contributed by atoms with Gasteiger partial charge in [-0.1, -0.05) is 19.3 Å². The number of aliphatic carboxylic acids is 1. The van der Waals surface area contributed by atoms with Gasteiger partial charge in [0, 0.05) is 4.90 Å². The molecule has 0 radical (unpaired) electrons. The molecule has 0 spiro atoms. The van der Waals surface area contributed by atoms with Gasteiger partial charge in [-0.25, -0.2) is 0 Å². The summed E-state index contributed by atoms with van der Waals surface area (Å²) in [7, 11) is 0. The zero-order valence-corrected chi connectivity index (χ0v) is 13.0. The summed E-state index contributed by atoms with van der Waals surface area (Å²) in [6, 6.07) is 3.84. The normalized spacial score (nSPS) is 20.0. The van der Waals surface area contributed by atoms with Crippen molar-refractivity contribution in [3.05, 3.63) is 17.7 Å². The monoisotopic (exact) mass is 308 g/mol. The molecule has 1 aromatic rings. The Kier molecular flexibility index (Phi) is 4.02. The van der Waals surface area contributed by atoms with Crippen molar-refractivity contribution in [2.75, 3.05) is 19.5 Å². The molecule has 1 N–H and O–H groups in total. The van der Waals surface area contributed by atoms with E-state index in [2.05, 4.69) is 0 Å². The summed E-state index contributed by atoms with van der Waals surface area (Å²) in [5.74, 6) is 0.695. The highest BCUT2D eigenvalue weighted by Crippen LogP contribution is 2.47. The molecule has 1 aliphatic carbocycles. The molecule has 114 valence electrons. The molecule has 21 heavy (non-hydrogen) atoms. The van der Waals surface area contributed by atoms with Gasteiger partial charge in [-0.2, -0.15) is 0 Å². The van der Waals surface area contributed by atoms with E-state index in [1.165, 1.54) is 0 Å². The third-order valence-electron chi connectivity index (χ3n) is 4.50. The minimum absolute atomic E-state index is 0.519. The molecule has 1 aromatic carbocycles. The maximum Gasteiger partial charge on any atom is 0.314 e. The summed E-state index contributed by atoms with van der Waals surface area (Å²) in [5.41, 5.74) is 0.123. The molecule has 1 fully saturated rings. The lowest BCUT2D eigenvalue weighted by Crippen LogP contribution is -2.38. The maximum absolute atomic E-state index is 12.0. The number of rotatable bonds is 3. The lowest BCUT2D eigenvalue weighted by Gasteiger charge is -2.35. The lowest BCUT2D eigenvalue weighted by molar-refractivity contribution is -0.145. The number of fused-ring (bicyclic) bond motifs is 1. The highest BCUT2D eigenvalue weighted by atomic mass is 32.2. The fourth-order valence-electron chi connectivity index (χ4n) is 3.37. The van der Waals surface area contributed by atoms with Gasteiger partial charge in [0.25, 0.3) is 0 Å². The zero-order chi connectivity index (χ0) is 14.9. The molecule has 3 rings (SSSR count). The fourth-order valence-corrected chi connectivity index (χ4v) is 4.07. The van der Waals surface area contributed by atoms with Crippen molar-refractivity contribution in [2.45, 2.75) is 42.4 Å². The van der Waals surface area contributed by atoms with Crippen LogP contribution in [0, 0.1) is 0 Å². The summed E-state index contributed by atoms with van der Waals surface area (Å²) in [5, 5.41) is 9.88. The molecule has 2 aliphatic rings. The second kappa shape index (κ2) is 5.79. The highest BCUT2D eigenvalue weighted by molar-refractivity contribution is 7.98. The van der Waals surface area contributed by atoms with E-state index in [1.54, 1.807) is 11.8 Å². The second-order valence-electron chi connectivity index (χ2n) is 5.64. The van der Waals surface area contributed by atoms with Gasteiger partial charge in [-0.05, 0) is 36.8 Å². The minimum atomic E-state index is -0.771. The summed E-state index contributed by atoms with van der Waals surface area (Å²) >= 11 is 1.58. The first-order chi connectivity index (χ1) is 10.2. The van der Waals surface area contributed by atoms with Gasteiger partial charge in [0.05, 0.1) is 5.41 Å². The van der Waals surface area contributed by atoms with Crippen LogP contribution < -0.4 is 9.47 Å². The third-order valence-corrected chi connectivity index (χ3v) is 5.27. The van der Waals surface area contributed by atoms with Gasteiger partial charge in [-0.15, -0.1) is 11.8 Å². The number of hydrogen-bond donors (Lipinski definition) is 1. The van der Waals surface area contributed by atoms with Crippen LogP contribution in [0.5, 0.6) is 11.5 Å². The van der Waals surface area contributed by atoms with Crippen LogP contribution >= 0.6 is 11.8 Å². The Hall–Kier alpha value is -1.36. The van der Waals surface area contributed by atoms with E-state index in [4.69, 9.17) is 9.47 Å². The van der Waals surface area contributed by atoms with Crippen molar-refractivity contribution in [3.8, 4) is 11.5 Å². The van der Waals surface area contributed by atoms with E-state index >= 15 is 0 Å². The molecule has 5 heteroatoms. The highest BCUT2D eigenvalue weighted by Gasteiger charge is 2.43. The van der Waals surface area contributed by atoms with Crippen molar-refractivity contribution >= 4 is 17.7 Å². The standard InChI is InChI=1S/C16H20O4S/c1-21-14-10-13-12(19-7-8-20-13)9-11(14)16(15(17)18)5-3-2-4-6-16/h9-10H,2-8H2,1H3,(H,17,18). The van der Waals surface area contributed by atoms with Gasteiger partial charge in [-0.3, -0.25) is 4.79 Å². The number of benzene rings is 1. The van der Waals surface area contributed by atoms with Crippen LogP contribution in [-0.4, -0.2) is 30.5 Å². The number of hydrogen-bond acceptors (Lipinski definition) is 4. The largest absolute Gasteiger partial charge is 0.486 e. The molecular weight excluding hydrogens is 288 g/mol. The predicted molar refractivity (Wildman–Crippen MR) is 81.6 cm³/mol. The van der Waals surface area contributed by atoms with Crippen LogP contribution in [0.4, 0.5) is 0 Å². The molecule has 0 bridgehead atoms. The quantitative estimate of drug-likeness (QED) is 0.867. The van der Waals surface area contributed by atoms with Crippen molar-refractivity contribution in [3.63, 3.8) is 0 Å². The smallest absolute Gasteiger partial charge is 0.314 e. The lowest BCUT2D eigenvalue weighted by atomic mass is 9.69. The van der Waals surface area contributed by atoms with Gasteiger partial charge in [0.2, 0.25) is 0 Å². The molecule has 0 amide bonds. The molecule has 1 heterocycles. The molecule has 0 unspecified atom stereocenters. The summed E-state index contributed by atoms with van der Waals surface area (Å²) in [6.45, 7) is 1.06. The molecular formula is C16H20O4S. The number of carboxylic acid groups (broad SMARTS) is 1. The molecule has 1 aliphatic heterocycles. The Morgan fingerprint density at radius 1 is 1.14 bits per heavy atom. The second-order valence-corrected chi connectivity index (χ2v) is 6.49. The Morgan fingerprint density at radius 2 is 1.76 bits per heavy atom. The van der Waals surface area contributed by atoms with E-state index < -0.39 is 11.4 Å². The van der Waals surface area contributed by atoms with Crippen LogP contribution in [0.2, 0.25) is 0 Å². The molecule has 1 saturated carbocycles. The van der Waals surface area contributed by atoms with Crippen LogP contribution in [0.3, 0.4) is 0 Å². The van der Waals surface area contributed by atoms with E-state index in [0.29, 0.717) is 31.8 Å². The minimum Gasteiger partial charge on any atom is -0.486 e. The fraction of sp³-hybridized carbons (Fsp3) is 0.562. The molecule has 4 nitrogen and oxygen atoms in total. The first-order valence-electron chi connectivity index (χ1n) is 7.39. The van der Waals surface area contributed by atoms with E-state index in [0.717, 1.165) is 35.5 Å². The Morgan fingerprint density at radius 3 is 2.33 bits per heavy atom. The van der Waals surface area contributed by atoms with Crippen LogP contribution in [0.25, 0.3) is 0 Å². The van der Waals surface area contributed by atoms with E-state index in [9.17, 15) is 9.90 Å². The van der Waals surface area contributed by atoms with Crippen LogP contribution in [0.15, 0.2) is 17.0 Å². The summed E-state index contributed by atoms with van der Waals surface area (Å²) in [4.78, 5) is 13.0. The van der Waals surface area contributed by atoms with Gasteiger partial charge in [0.1, 0.15) is 13.2 Å². The van der Waals surface area contributed by atoms with Gasteiger partial charge < -0.3 is 14.6 Å². The molecule has 0 aromatic heterocycles. The topological polar surface area (TPSA) is 55.8 Å². The average molecular weight is 308 g/mol. The van der Waals surface area contributed by atoms with Crippen molar-refractivity contribution in [1.29, 1.82) is 0 Å². The van der Waals surface area contributed by atoms with E-state index in [1.807, 2.05) is 18.4 Å². The third kappa shape index (κ3) is 2.48. The van der Waals surface area contributed by atoms with Crippen LogP contribution in [-0.2, 0) is 10.2 Å². The Bertz CT molecular complexity index is 549. The zero-order valence-electron chi connectivity index (χ0n) is 12.2. The SMILES string of the molecule is CSc1cc2c(cc1C1(C(=O)O)CCCCC1)OCCO2. The van der Waals surface area contributed by atoms with E-state index in [-0.39, 0.29) is 0 Å². The van der Waals surface area contributed by atoms with Crippen molar-refractivity contribution < 1.29 is 19.4 Å². The van der Waals surface area contributed by atoms with Gasteiger partial charge in [0.15, 0.2) is 11.5 Å². The van der Waals surface area contributed by atoms with Crippen molar-refractivity contribution in [2.24, 2.45) is 0 Å². The average Bonchev–Trinajstić information content (AvgIpc) is 2.54. The summed E-state index contributed by atoms with van der Waals surface area (Å²) < 4.78 is 11.3. The molecule has 0 atom stereocenters. The number of thioether (sulfide) groups is 1. The van der Waals surface area contributed by atoms with Gasteiger partial charge >= 0.3 is 5.97 Å². The maximum atomic E-state index is 12.0. The molecule has 0 saturated heterocycles. The Labute approximate surface area is 128 Å². The number of carboxylic acids is 1. The predicted octanol–water partition coefficient (Wildman–Crippen LogP) is 3.47. The first kappa shape index (κ1) is 14.6. The van der Waals surface area contributed by atoms with Crippen molar-refractivity contribution in [1.82, 2.24) is 0 Å². The Balaban J connectivity index is 2.12. The number of ether oxygens (including phenoxy) is 2. The first-order valence-corrected chi connectivity index (χ1v) is 8.61.